The molecule has 0 aromatic carbocycles. The number of aromatic nitrogens is 2. The second-order valence-corrected chi connectivity index (χ2v) is 9.34. The van der Waals surface area contributed by atoms with Gasteiger partial charge in [-0.3, -0.25) is 5.32 Å². The van der Waals surface area contributed by atoms with Gasteiger partial charge in [-0.05, 0) is 30.3 Å². The fourth-order valence-corrected chi connectivity index (χ4v) is 5.63. The Hall–Kier alpha value is -2.52. The molecule has 0 saturated carbocycles. The molecule has 5 rings (SSSR count). The van der Waals surface area contributed by atoms with Crippen LogP contribution in [0.4, 0.5) is 14.3 Å². The van der Waals surface area contributed by atoms with Crippen LogP contribution < -0.4 is 10.1 Å². The zero-order valence-electron chi connectivity index (χ0n) is 17.4. The average molecular weight is 445 g/mol. The third-order valence-corrected chi connectivity index (χ3v) is 7.48. The summed E-state index contributed by atoms with van der Waals surface area (Å²) >= 11 is 1.32. The Balaban J connectivity index is 1.40. The minimum atomic E-state index is -1.09. The van der Waals surface area contributed by atoms with Gasteiger partial charge in [0.2, 0.25) is 5.88 Å². The summed E-state index contributed by atoms with van der Waals surface area (Å²) in [7, 11) is 1.52. The predicted molar refractivity (Wildman–Crippen MR) is 118 cm³/mol. The molecule has 1 unspecified atom stereocenters. The first-order valence-corrected chi connectivity index (χ1v) is 11.4. The van der Waals surface area contributed by atoms with Gasteiger partial charge in [0.15, 0.2) is 5.13 Å². The molecular formula is C22H25FN4O3S. The van der Waals surface area contributed by atoms with Gasteiger partial charge in [0.25, 0.3) is 0 Å². The van der Waals surface area contributed by atoms with Crippen molar-refractivity contribution in [2.24, 2.45) is 5.41 Å². The quantitative estimate of drug-likeness (QED) is 0.759. The summed E-state index contributed by atoms with van der Waals surface area (Å²) in [5, 5.41) is 3.40. The van der Waals surface area contributed by atoms with Crippen molar-refractivity contribution in [3.8, 4) is 5.88 Å². The van der Waals surface area contributed by atoms with E-state index < -0.39 is 6.17 Å². The highest BCUT2D eigenvalue weighted by Gasteiger charge is 2.41. The SMILES string of the molecule is COc1ncc(C2=CC=CCC2F)c2sc(NC(=O)N3CCC4(CCOCC4)C3)nc12. The number of nitrogens with zero attached hydrogens (tertiary/aromatic N) is 3. The van der Waals surface area contributed by atoms with E-state index in [1.54, 1.807) is 12.3 Å². The maximum absolute atomic E-state index is 14.6. The van der Waals surface area contributed by atoms with E-state index in [1.807, 2.05) is 17.1 Å². The Morgan fingerprint density at radius 2 is 2.23 bits per heavy atom. The highest BCUT2D eigenvalue weighted by Crippen LogP contribution is 2.41. The number of halogens is 1. The van der Waals surface area contributed by atoms with E-state index in [0.717, 1.165) is 50.3 Å². The lowest BCUT2D eigenvalue weighted by molar-refractivity contribution is 0.0211. The van der Waals surface area contributed by atoms with Gasteiger partial charge in [-0.15, -0.1) is 0 Å². The minimum absolute atomic E-state index is 0.154. The number of carbonyl (C=O) groups excluding carboxylic acids is 1. The fourth-order valence-electron chi connectivity index (χ4n) is 4.65. The Morgan fingerprint density at radius 1 is 1.39 bits per heavy atom. The zero-order chi connectivity index (χ0) is 21.4. The van der Waals surface area contributed by atoms with E-state index in [-0.39, 0.29) is 11.4 Å². The Kier molecular flexibility index (Phi) is 5.39. The maximum Gasteiger partial charge on any atom is 0.323 e. The van der Waals surface area contributed by atoms with Crippen molar-refractivity contribution >= 4 is 38.3 Å². The van der Waals surface area contributed by atoms with E-state index in [1.165, 1.54) is 18.4 Å². The lowest BCUT2D eigenvalue weighted by Gasteiger charge is -2.33. The van der Waals surface area contributed by atoms with Crippen LogP contribution >= 0.6 is 11.3 Å². The van der Waals surface area contributed by atoms with Crippen molar-refractivity contribution in [3.63, 3.8) is 0 Å². The van der Waals surface area contributed by atoms with Crippen LogP contribution in [0, 0.1) is 5.41 Å². The maximum atomic E-state index is 14.6. The lowest BCUT2D eigenvalue weighted by Crippen LogP contribution is -2.37. The number of rotatable bonds is 3. The molecule has 2 amide bonds. The van der Waals surface area contributed by atoms with Crippen molar-refractivity contribution < 1.29 is 18.7 Å². The first-order valence-electron chi connectivity index (χ1n) is 10.6. The summed E-state index contributed by atoms with van der Waals surface area (Å²) in [6.07, 6.45) is 9.30. The number of pyridine rings is 1. The fraction of sp³-hybridized carbons (Fsp3) is 0.500. The third-order valence-electron chi connectivity index (χ3n) is 6.47. The number of thiazole rings is 1. The van der Waals surface area contributed by atoms with E-state index in [9.17, 15) is 9.18 Å². The molecule has 0 radical (unpaired) electrons. The van der Waals surface area contributed by atoms with Crippen molar-refractivity contribution in [1.29, 1.82) is 0 Å². The minimum Gasteiger partial charge on any atom is -0.479 e. The topological polar surface area (TPSA) is 76.6 Å². The van der Waals surface area contributed by atoms with Gasteiger partial charge < -0.3 is 14.4 Å². The molecule has 2 aromatic heterocycles. The van der Waals surface area contributed by atoms with Gasteiger partial charge in [0.05, 0.1) is 11.8 Å². The molecule has 1 spiro atoms. The molecule has 2 aromatic rings. The second-order valence-electron chi connectivity index (χ2n) is 8.35. The van der Waals surface area contributed by atoms with E-state index >= 15 is 0 Å². The number of carbonyl (C=O) groups is 1. The standard InChI is InChI=1S/C22H25FN4O3S/c1-29-19-17-18(15(12-24-19)14-4-2-3-5-16(14)23)31-20(25-17)26-21(28)27-9-6-22(13-27)7-10-30-11-8-22/h2-4,12,16H,5-11,13H2,1H3,(H,25,26,28). The summed E-state index contributed by atoms with van der Waals surface area (Å²) in [6.45, 7) is 3.01. The Morgan fingerprint density at radius 3 is 3.00 bits per heavy atom. The molecule has 9 heteroatoms. The Labute approximate surface area is 183 Å². The van der Waals surface area contributed by atoms with Crippen LogP contribution in [0.25, 0.3) is 15.8 Å². The predicted octanol–water partition coefficient (Wildman–Crippen LogP) is 4.42. The van der Waals surface area contributed by atoms with Crippen LogP contribution in [0.15, 0.2) is 24.4 Å². The molecule has 1 atom stereocenters. The van der Waals surface area contributed by atoms with Gasteiger partial charge in [0, 0.05) is 44.5 Å². The van der Waals surface area contributed by atoms with Crippen LogP contribution in [-0.2, 0) is 4.74 Å². The first-order chi connectivity index (χ1) is 15.1. The van der Waals surface area contributed by atoms with Crippen molar-refractivity contribution in [3.05, 3.63) is 30.0 Å². The molecule has 1 aliphatic carbocycles. The van der Waals surface area contributed by atoms with E-state index in [2.05, 4.69) is 15.3 Å². The van der Waals surface area contributed by atoms with Gasteiger partial charge in [-0.25, -0.2) is 19.2 Å². The van der Waals surface area contributed by atoms with Crippen molar-refractivity contribution in [1.82, 2.24) is 14.9 Å². The molecule has 2 aliphatic heterocycles. The van der Waals surface area contributed by atoms with Gasteiger partial charge in [0.1, 0.15) is 11.7 Å². The van der Waals surface area contributed by atoms with Gasteiger partial charge >= 0.3 is 6.03 Å². The number of alkyl halides is 1. The molecule has 31 heavy (non-hydrogen) atoms. The first kappa shape index (κ1) is 20.4. The number of ether oxygens (including phenoxy) is 2. The number of anilines is 1. The summed E-state index contributed by atoms with van der Waals surface area (Å²) < 4.78 is 26.2. The van der Waals surface area contributed by atoms with Crippen molar-refractivity contribution in [2.45, 2.75) is 31.9 Å². The number of urea groups is 1. The molecule has 164 valence electrons. The summed E-state index contributed by atoms with van der Waals surface area (Å²) in [5.41, 5.74) is 1.98. The number of hydrogen-bond acceptors (Lipinski definition) is 6. The number of likely N-dealkylation sites (tertiary alicyclic amines) is 1. The van der Waals surface area contributed by atoms with Crippen molar-refractivity contribution in [2.75, 3.05) is 38.7 Å². The molecule has 7 nitrogen and oxygen atoms in total. The summed E-state index contributed by atoms with van der Waals surface area (Å²) in [4.78, 5) is 23.7. The molecule has 4 heterocycles. The van der Waals surface area contributed by atoms with Crippen LogP contribution in [0.3, 0.4) is 0 Å². The second kappa shape index (κ2) is 8.20. The zero-order valence-corrected chi connectivity index (χ0v) is 18.2. The number of fused-ring (bicyclic) bond motifs is 1. The van der Waals surface area contributed by atoms with Gasteiger partial charge in [-0.2, -0.15) is 0 Å². The summed E-state index contributed by atoms with van der Waals surface area (Å²) in [5.74, 6) is 0.361. The van der Waals surface area contributed by atoms with E-state index in [4.69, 9.17) is 9.47 Å². The molecule has 1 N–H and O–H groups in total. The monoisotopic (exact) mass is 444 g/mol. The lowest BCUT2D eigenvalue weighted by atomic mass is 9.80. The largest absolute Gasteiger partial charge is 0.479 e. The van der Waals surface area contributed by atoms with Crippen LogP contribution in [0.1, 0.15) is 31.2 Å². The van der Waals surface area contributed by atoms with Crippen LogP contribution in [0.2, 0.25) is 0 Å². The number of nitrogens with one attached hydrogen (secondary N) is 1. The smallest absolute Gasteiger partial charge is 0.323 e. The Bertz CT molecular complexity index is 1060. The van der Waals surface area contributed by atoms with Crippen LogP contribution in [0.5, 0.6) is 5.88 Å². The normalized spacial score (nSPS) is 22.7. The molecular weight excluding hydrogens is 419 g/mol. The third kappa shape index (κ3) is 3.80. The molecule has 2 saturated heterocycles. The molecule has 2 fully saturated rings. The number of amides is 2. The van der Waals surface area contributed by atoms with Crippen LogP contribution in [-0.4, -0.2) is 60.5 Å². The number of allylic oxidation sites excluding steroid dienone is 4. The average Bonchev–Trinajstić information content (AvgIpc) is 3.39. The summed E-state index contributed by atoms with van der Waals surface area (Å²) in [6, 6.07) is -0.154. The molecule has 0 bridgehead atoms. The number of hydrogen-bond donors (Lipinski definition) is 1. The molecule has 3 aliphatic rings. The number of methoxy groups -OCH3 is 1. The van der Waals surface area contributed by atoms with E-state index in [0.29, 0.717) is 34.1 Å². The van der Waals surface area contributed by atoms with Gasteiger partial charge in [-0.1, -0.05) is 29.6 Å². The highest BCUT2D eigenvalue weighted by atomic mass is 32.1. The highest BCUT2D eigenvalue weighted by molar-refractivity contribution is 7.22.